The summed E-state index contributed by atoms with van der Waals surface area (Å²) in [5.74, 6) is 0.288. The number of ether oxygens (including phenoxy) is 1. The SMILES string of the molecule is CC1Oc2ccc(-c3nc4ccc(F)cn4c3CN3CCNCC3)cc2N(C)C1=O. The molecule has 0 radical (unpaired) electrons. The zero-order valence-corrected chi connectivity index (χ0v) is 17.1. The number of carbonyl (C=O) groups excluding carboxylic acids is 1. The summed E-state index contributed by atoms with van der Waals surface area (Å²) in [6.45, 7) is 6.13. The Hall–Kier alpha value is -2.97. The fraction of sp³-hybridized carbons (Fsp3) is 0.364. The van der Waals surface area contributed by atoms with E-state index in [1.807, 2.05) is 22.6 Å². The van der Waals surface area contributed by atoms with E-state index in [-0.39, 0.29) is 11.7 Å². The number of pyridine rings is 1. The summed E-state index contributed by atoms with van der Waals surface area (Å²) in [5, 5.41) is 3.36. The lowest BCUT2D eigenvalue weighted by Crippen LogP contribution is -2.43. The Morgan fingerprint density at radius 2 is 2.03 bits per heavy atom. The molecule has 2 aliphatic heterocycles. The molecule has 1 fully saturated rings. The van der Waals surface area contributed by atoms with Crippen LogP contribution in [0.25, 0.3) is 16.9 Å². The number of halogens is 1. The third kappa shape index (κ3) is 3.22. The van der Waals surface area contributed by atoms with E-state index in [9.17, 15) is 9.18 Å². The molecule has 0 aliphatic carbocycles. The van der Waals surface area contributed by atoms with E-state index in [0.717, 1.165) is 43.1 Å². The Balaban J connectivity index is 1.62. The summed E-state index contributed by atoms with van der Waals surface area (Å²) in [6, 6.07) is 8.88. The molecular formula is C22H24FN5O2. The molecule has 1 aromatic carbocycles. The van der Waals surface area contributed by atoms with E-state index in [1.165, 1.54) is 12.3 Å². The lowest BCUT2D eigenvalue weighted by Gasteiger charge is -2.30. The van der Waals surface area contributed by atoms with E-state index < -0.39 is 6.10 Å². The smallest absolute Gasteiger partial charge is 0.267 e. The molecule has 2 aromatic heterocycles. The van der Waals surface area contributed by atoms with Gasteiger partial charge in [-0.2, -0.15) is 0 Å². The van der Waals surface area contributed by atoms with Gasteiger partial charge in [-0.1, -0.05) is 0 Å². The van der Waals surface area contributed by atoms with Crippen LogP contribution in [0.4, 0.5) is 10.1 Å². The average Bonchev–Trinajstić information content (AvgIpc) is 3.10. The average molecular weight is 409 g/mol. The van der Waals surface area contributed by atoms with Crippen LogP contribution in [0, 0.1) is 5.82 Å². The number of hydrogen-bond donors (Lipinski definition) is 1. The van der Waals surface area contributed by atoms with Gasteiger partial charge in [-0.05, 0) is 37.3 Å². The number of rotatable bonds is 3. The highest BCUT2D eigenvalue weighted by atomic mass is 19.1. The predicted octanol–water partition coefficient (Wildman–Crippen LogP) is 2.29. The standard InChI is InChI=1S/C22H24FN5O2/c1-14-22(29)26(2)17-11-15(3-5-19(17)30-14)21-18(13-27-9-7-24-8-10-27)28-12-16(23)4-6-20(28)25-21/h3-6,11-12,14,24H,7-10,13H2,1-2H3. The second kappa shape index (κ2) is 7.37. The van der Waals surface area contributed by atoms with Gasteiger partial charge < -0.3 is 15.0 Å². The molecule has 1 amide bonds. The van der Waals surface area contributed by atoms with Crippen molar-refractivity contribution in [3.05, 3.63) is 48.0 Å². The van der Waals surface area contributed by atoms with Crippen molar-refractivity contribution in [2.45, 2.75) is 19.6 Å². The van der Waals surface area contributed by atoms with Crippen LogP contribution >= 0.6 is 0 Å². The lowest BCUT2D eigenvalue weighted by atomic mass is 10.1. The summed E-state index contributed by atoms with van der Waals surface area (Å²) < 4.78 is 21.6. The maximum Gasteiger partial charge on any atom is 0.267 e. The molecule has 8 heteroatoms. The number of nitrogens with zero attached hydrogens (tertiary/aromatic N) is 4. The first kappa shape index (κ1) is 19.0. The predicted molar refractivity (Wildman–Crippen MR) is 112 cm³/mol. The van der Waals surface area contributed by atoms with Gasteiger partial charge in [0.15, 0.2) is 6.10 Å². The number of carbonyl (C=O) groups is 1. The van der Waals surface area contributed by atoms with Crippen molar-refractivity contribution >= 4 is 17.2 Å². The van der Waals surface area contributed by atoms with Gasteiger partial charge in [-0.25, -0.2) is 9.37 Å². The Labute approximate surface area is 174 Å². The maximum absolute atomic E-state index is 14.0. The second-order valence-corrected chi connectivity index (χ2v) is 7.85. The largest absolute Gasteiger partial charge is 0.479 e. The van der Waals surface area contributed by atoms with Crippen molar-refractivity contribution in [2.75, 3.05) is 38.1 Å². The molecule has 0 spiro atoms. The van der Waals surface area contributed by atoms with Crippen molar-refractivity contribution < 1.29 is 13.9 Å². The quantitative estimate of drug-likeness (QED) is 0.719. The molecule has 4 heterocycles. The highest BCUT2D eigenvalue weighted by Crippen LogP contribution is 2.37. The molecule has 1 N–H and O–H groups in total. The molecule has 1 saturated heterocycles. The van der Waals surface area contributed by atoms with E-state index in [4.69, 9.17) is 9.72 Å². The van der Waals surface area contributed by atoms with Gasteiger partial charge in [-0.15, -0.1) is 0 Å². The van der Waals surface area contributed by atoms with Gasteiger partial charge in [0.2, 0.25) is 0 Å². The van der Waals surface area contributed by atoms with Crippen LogP contribution in [0.15, 0.2) is 36.5 Å². The van der Waals surface area contributed by atoms with Crippen molar-refractivity contribution in [2.24, 2.45) is 0 Å². The van der Waals surface area contributed by atoms with Crippen molar-refractivity contribution in [1.82, 2.24) is 19.6 Å². The number of nitrogens with one attached hydrogen (secondary N) is 1. The number of benzene rings is 1. The Kier molecular flexibility index (Phi) is 4.67. The lowest BCUT2D eigenvalue weighted by molar-refractivity contribution is -0.125. The molecule has 2 aliphatic rings. The number of piperazine rings is 1. The van der Waals surface area contributed by atoms with Crippen molar-refractivity contribution in [1.29, 1.82) is 0 Å². The number of anilines is 1. The Bertz CT molecular complexity index is 1120. The first-order valence-corrected chi connectivity index (χ1v) is 10.2. The van der Waals surface area contributed by atoms with Crippen LogP contribution in [0.1, 0.15) is 12.6 Å². The highest BCUT2D eigenvalue weighted by Gasteiger charge is 2.29. The van der Waals surface area contributed by atoms with E-state index in [2.05, 4.69) is 10.2 Å². The summed E-state index contributed by atoms with van der Waals surface area (Å²) in [7, 11) is 1.75. The van der Waals surface area contributed by atoms with Crippen LogP contribution in [-0.4, -0.2) is 59.5 Å². The molecule has 5 rings (SSSR count). The van der Waals surface area contributed by atoms with Crippen LogP contribution < -0.4 is 15.0 Å². The van der Waals surface area contributed by atoms with Crippen LogP contribution in [0.3, 0.4) is 0 Å². The van der Waals surface area contributed by atoms with Gasteiger partial charge in [-0.3, -0.25) is 14.1 Å². The topological polar surface area (TPSA) is 62.1 Å². The zero-order valence-electron chi connectivity index (χ0n) is 17.1. The minimum absolute atomic E-state index is 0.0854. The third-order valence-corrected chi connectivity index (χ3v) is 5.84. The molecule has 156 valence electrons. The van der Waals surface area contributed by atoms with E-state index >= 15 is 0 Å². The van der Waals surface area contributed by atoms with Crippen LogP contribution in [0.2, 0.25) is 0 Å². The first-order chi connectivity index (χ1) is 14.5. The summed E-state index contributed by atoms with van der Waals surface area (Å²) in [5.41, 5.74) is 4.02. The van der Waals surface area contributed by atoms with Gasteiger partial charge in [0.25, 0.3) is 5.91 Å². The summed E-state index contributed by atoms with van der Waals surface area (Å²) in [4.78, 5) is 21.1. The minimum Gasteiger partial charge on any atom is -0.479 e. The van der Waals surface area contributed by atoms with Crippen LogP contribution in [0.5, 0.6) is 5.75 Å². The fourth-order valence-corrected chi connectivity index (χ4v) is 4.19. The number of fused-ring (bicyclic) bond motifs is 2. The molecule has 0 bridgehead atoms. The molecule has 3 aromatic rings. The molecule has 30 heavy (non-hydrogen) atoms. The van der Waals surface area contributed by atoms with Crippen molar-refractivity contribution in [3.8, 4) is 17.0 Å². The number of aromatic nitrogens is 2. The van der Waals surface area contributed by atoms with E-state index in [1.54, 1.807) is 24.9 Å². The Morgan fingerprint density at radius 1 is 1.23 bits per heavy atom. The van der Waals surface area contributed by atoms with Gasteiger partial charge >= 0.3 is 0 Å². The molecule has 0 saturated carbocycles. The zero-order chi connectivity index (χ0) is 20.8. The highest BCUT2D eigenvalue weighted by molar-refractivity contribution is 6.00. The minimum atomic E-state index is -0.505. The van der Waals surface area contributed by atoms with Crippen LogP contribution in [-0.2, 0) is 11.3 Å². The number of hydrogen-bond acceptors (Lipinski definition) is 5. The van der Waals surface area contributed by atoms with E-state index in [0.29, 0.717) is 23.6 Å². The Morgan fingerprint density at radius 3 is 2.83 bits per heavy atom. The van der Waals surface area contributed by atoms with Gasteiger partial charge in [0.1, 0.15) is 17.2 Å². The number of amides is 1. The molecular weight excluding hydrogens is 385 g/mol. The molecule has 1 unspecified atom stereocenters. The number of likely N-dealkylation sites (N-methyl/N-ethyl adjacent to an activating group) is 1. The third-order valence-electron chi connectivity index (χ3n) is 5.84. The first-order valence-electron chi connectivity index (χ1n) is 10.2. The molecule has 7 nitrogen and oxygen atoms in total. The summed E-state index contributed by atoms with van der Waals surface area (Å²) >= 11 is 0. The number of imidazole rings is 1. The van der Waals surface area contributed by atoms with Crippen molar-refractivity contribution in [3.63, 3.8) is 0 Å². The summed E-state index contributed by atoms with van der Waals surface area (Å²) in [6.07, 6.45) is 0.983. The second-order valence-electron chi connectivity index (χ2n) is 7.85. The normalized spacial score (nSPS) is 19.8. The fourth-order valence-electron chi connectivity index (χ4n) is 4.19. The maximum atomic E-state index is 14.0. The monoisotopic (exact) mass is 409 g/mol. The van der Waals surface area contributed by atoms with Gasteiger partial charge in [0, 0.05) is 51.5 Å². The van der Waals surface area contributed by atoms with Gasteiger partial charge in [0.05, 0.1) is 17.1 Å². The molecule has 1 atom stereocenters.